The molecule has 7 heteroatoms. The molecule has 1 saturated carbocycles. The number of hydrogen-bond acceptors (Lipinski definition) is 4. The van der Waals surface area contributed by atoms with Gasteiger partial charge in [-0.05, 0) is 31.9 Å². The Morgan fingerprint density at radius 2 is 2.00 bits per heavy atom. The first-order valence-electron chi connectivity index (χ1n) is 7.23. The van der Waals surface area contributed by atoms with E-state index in [1.807, 2.05) is 0 Å². The number of halogens is 1. The average molecular weight is 328 g/mol. The van der Waals surface area contributed by atoms with Crippen LogP contribution in [-0.2, 0) is 0 Å². The number of nitrogens with one attached hydrogen (secondary N) is 1. The molecule has 0 atom stereocenters. The van der Waals surface area contributed by atoms with E-state index >= 15 is 0 Å². The highest BCUT2D eigenvalue weighted by Crippen LogP contribution is 2.25. The Labute approximate surface area is 136 Å². The fraction of sp³-hybridized carbons (Fsp3) is 0.533. The number of rotatable bonds is 4. The minimum atomic E-state index is -0.450. The van der Waals surface area contributed by atoms with Gasteiger partial charge in [-0.15, -0.1) is 12.4 Å². The summed E-state index contributed by atoms with van der Waals surface area (Å²) in [5.41, 5.74) is 6.89. The molecule has 1 aliphatic rings. The fourth-order valence-corrected chi connectivity index (χ4v) is 2.79. The van der Waals surface area contributed by atoms with E-state index < -0.39 is 4.92 Å². The molecule has 1 aromatic carbocycles. The molecular formula is C15H22ClN3O3. The molecule has 2 rings (SSSR count). The van der Waals surface area contributed by atoms with Gasteiger partial charge in [-0.1, -0.05) is 19.3 Å². The van der Waals surface area contributed by atoms with Crippen molar-refractivity contribution >= 4 is 24.0 Å². The van der Waals surface area contributed by atoms with Gasteiger partial charge in [0.25, 0.3) is 11.6 Å². The highest BCUT2D eigenvalue weighted by Gasteiger charge is 2.28. The second-order valence-corrected chi connectivity index (χ2v) is 5.86. The number of aryl methyl sites for hydroxylation is 1. The maximum atomic E-state index is 12.1. The minimum Gasteiger partial charge on any atom is -0.350 e. The lowest BCUT2D eigenvalue weighted by Crippen LogP contribution is -2.51. The molecule has 1 fully saturated rings. The van der Waals surface area contributed by atoms with E-state index in [2.05, 4.69) is 5.32 Å². The van der Waals surface area contributed by atoms with Crippen LogP contribution in [0.3, 0.4) is 0 Å². The van der Waals surface area contributed by atoms with E-state index in [0.717, 1.165) is 25.7 Å². The predicted octanol–water partition coefficient (Wildman–Crippen LogP) is 2.72. The summed E-state index contributed by atoms with van der Waals surface area (Å²) in [6, 6.07) is 4.38. The molecule has 22 heavy (non-hydrogen) atoms. The predicted molar refractivity (Wildman–Crippen MR) is 87.4 cm³/mol. The molecule has 0 heterocycles. The van der Waals surface area contributed by atoms with Gasteiger partial charge in [0.1, 0.15) is 0 Å². The molecule has 1 amide bonds. The van der Waals surface area contributed by atoms with Crippen molar-refractivity contribution in [1.29, 1.82) is 0 Å². The van der Waals surface area contributed by atoms with Crippen LogP contribution in [0.25, 0.3) is 0 Å². The molecule has 0 unspecified atom stereocenters. The van der Waals surface area contributed by atoms with Crippen molar-refractivity contribution in [3.63, 3.8) is 0 Å². The topological polar surface area (TPSA) is 98.3 Å². The van der Waals surface area contributed by atoms with Crippen molar-refractivity contribution in [2.24, 2.45) is 5.73 Å². The van der Waals surface area contributed by atoms with E-state index in [0.29, 0.717) is 17.7 Å². The standard InChI is InChI=1S/C15H21N3O3.ClH/c1-11-9-12(5-6-13(11)18(20)21)14(19)17-10-15(16)7-3-2-4-8-15;/h5-6,9H,2-4,7-8,10,16H2,1H3,(H,17,19);1H. The molecule has 0 spiro atoms. The van der Waals surface area contributed by atoms with E-state index in [9.17, 15) is 14.9 Å². The number of hydrogen-bond donors (Lipinski definition) is 2. The molecule has 1 aromatic rings. The van der Waals surface area contributed by atoms with Crippen LogP contribution >= 0.6 is 12.4 Å². The van der Waals surface area contributed by atoms with Crippen LogP contribution in [0.2, 0.25) is 0 Å². The van der Waals surface area contributed by atoms with Crippen molar-refractivity contribution in [2.75, 3.05) is 6.54 Å². The smallest absolute Gasteiger partial charge is 0.272 e. The van der Waals surface area contributed by atoms with Gasteiger partial charge in [-0.3, -0.25) is 14.9 Å². The molecule has 0 radical (unpaired) electrons. The molecular weight excluding hydrogens is 306 g/mol. The number of nitrogens with two attached hydrogens (primary N) is 1. The summed E-state index contributed by atoms with van der Waals surface area (Å²) in [6.45, 7) is 2.07. The van der Waals surface area contributed by atoms with Crippen LogP contribution in [0, 0.1) is 17.0 Å². The van der Waals surface area contributed by atoms with Crippen molar-refractivity contribution in [1.82, 2.24) is 5.32 Å². The fourth-order valence-electron chi connectivity index (χ4n) is 2.79. The highest BCUT2D eigenvalue weighted by atomic mass is 35.5. The average Bonchev–Trinajstić information content (AvgIpc) is 2.45. The minimum absolute atomic E-state index is 0. The Kier molecular flexibility index (Phi) is 6.32. The molecule has 3 N–H and O–H groups in total. The van der Waals surface area contributed by atoms with Crippen LogP contribution in [0.5, 0.6) is 0 Å². The number of carbonyl (C=O) groups is 1. The normalized spacial score (nSPS) is 16.5. The van der Waals surface area contributed by atoms with Gasteiger partial charge in [0, 0.05) is 29.3 Å². The Morgan fingerprint density at radius 3 is 2.55 bits per heavy atom. The SMILES string of the molecule is Cc1cc(C(=O)NCC2(N)CCCCC2)ccc1[N+](=O)[O-].Cl. The van der Waals surface area contributed by atoms with E-state index in [4.69, 9.17) is 5.73 Å². The highest BCUT2D eigenvalue weighted by molar-refractivity contribution is 5.94. The third-order valence-electron chi connectivity index (χ3n) is 4.11. The van der Waals surface area contributed by atoms with Gasteiger partial charge in [0.05, 0.1) is 4.92 Å². The summed E-state index contributed by atoms with van der Waals surface area (Å²) in [5.74, 6) is -0.233. The lowest BCUT2D eigenvalue weighted by atomic mass is 9.82. The van der Waals surface area contributed by atoms with Gasteiger partial charge in [-0.2, -0.15) is 0 Å². The lowest BCUT2D eigenvalue weighted by molar-refractivity contribution is -0.385. The van der Waals surface area contributed by atoms with Crippen LogP contribution in [0.4, 0.5) is 5.69 Å². The van der Waals surface area contributed by atoms with Gasteiger partial charge >= 0.3 is 0 Å². The summed E-state index contributed by atoms with van der Waals surface area (Å²) in [6.07, 6.45) is 5.25. The first-order chi connectivity index (χ1) is 9.91. The Balaban J connectivity index is 0.00000242. The van der Waals surface area contributed by atoms with Gasteiger partial charge in [0.15, 0.2) is 0 Å². The van der Waals surface area contributed by atoms with Crippen molar-refractivity contribution in [2.45, 2.75) is 44.6 Å². The zero-order chi connectivity index (χ0) is 15.5. The molecule has 0 saturated heterocycles. The summed E-state index contributed by atoms with van der Waals surface area (Å²) < 4.78 is 0. The maximum absolute atomic E-state index is 12.1. The lowest BCUT2D eigenvalue weighted by Gasteiger charge is -2.33. The maximum Gasteiger partial charge on any atom is 0.272 e. The number of nitro benzene ring substituents is 1. The summed E-state index contributed by atoms with van der Waals surface area (Å²) in [4.78, 5) is 22.4. The van der Waals surface area contributed by atoms with Crippen molar-refractivity contribution in [3.05, 3.63) is 39.4 Å². The Bertz CT molecular complexity index is 557. The van der Waals surface area contributed by atoms with Gasteiger partial charge in [-0.25, -0.2) is 0 Å². The molecule has 0 aliphatic heterocycles. The van der Waals surface area contributed by atoms with Crippen LogP contribution < -0.4 is 11.1 Å². The van der Waals surface area contributed by atoms with Crippen LogP contribution in [-0.4, -0.2) is 22.9 Å². The van der Waals surface area contributed by atoms with Gasteiger partial charge in [0.2, 0.25) is 0 Å². The van der Waals surface area contributed by atoms with Crippen molar-refractivity contribution in [3.8, 4) is 0 Å². The molecule has 122 valence electrons. The van der Waals surface area contributed by atoms with Gasteiger partial charge < -0.3 is 11.1 Å². The molecule has 6 nitrogen and oxygen atoms in total. The van der Waals surface area contributed by atoms with Crippen LogP contribution in [0.1, 0.15) is 48.0 Å². The third kappa shape index (κ3) is 4.42. The van der Waals surface area contributed by atoms with Crippen molar-refractivity contribution < 1.29 is 9.72 Å². The molecule has 0 bridgehead atoms. The summed E-state index contributed by atoms with van der Waals surface area (Å²) >= 11 is 0. The van der Waals surface area contributed by atoms with E-state index in [1.165, 1.54) is 24.6 Å². The zero-order valence-electron chi connectivity index (χ0n) is 12.6. The molecule has 1 aliphatic carbocycles. The number of nitrogens with zero attached hydrogens (tertiary/aromatic N) is 1. The number of benzene rings is 1. The molecule has 0 aromatic heterocycles. The van der Waals surface area contributed by atoms with Crippen LogP contribution in [0.15, 0.2) is 18.2 Å². The third-order valence-corrected chi connectivity index (χ3v) is 4.11. The second-order valence-electron chi connectivity index (χ2n) is 5.86. The zero-order valence-corrected chi connectivity index (χ0v) is 13.4. The first-order valence-corrected chi connectivity index (χ1v) is 7.23. The summed E-state index contributed by atoms with van der Waals surface area (Å²) in [5, 5.41) is 13.6. The largest absolute Gasteiger partial charge is 0.350 e. The van der Waals surface area contributed by atoms with E-state index in [1.54, 1.807) is 6.92 Å². The first kappa shape index (κ1) is 18.4. The quantitative estimate of drug-likeness (QED) is 0.656. The number of nitro groups is 1. The Hall–Kier alpha value is -1.66. The summed E-state index contributed by atoms with van der Waals surface area (Å²) in [7, 11) is 0. The van der Waals surface area contributed by atoms with E-state index in [-0.39, 0.29) is 29.5 Å². The Morgan fingerprint density at radius 1 is 1.36 bits per heavy atom. The number of amides is 1. The number of carbonyl (C=O) groups excluding carboxylic acids is 1. The second kappa shape index (κ2) is 7.56. The monoisotopic (exact) mass is 327 g/mol.